The minimum absolute atomic E-state index is 0.242. The highest BCUT2D eigenvalue weighted by Gasteiger charge is 2.23. The van der Waals surface area contributed by atoms with Crippen LogP contribution < -0.4 is 9.47 Å². The zero-order valence-electron chi connectivity index (χ0n) is 16.1. The first-order valence-electron chi connectivity index (χ1n) is 8.54. The zero-order valence-corrected chi connectivity index (χ0v) is 16.1. The molecule has 0 N–H and O–H groups in total. The van der Waals surface area contributed by atoms with Crippen molar-refractivity contribution in [2.45, 2.75) is 47.0 Å². The normalized spacial score (nSPS) is 11.7. The van der Waals surface area contributed by atoms with Crippen LogP contribution in [-0.2, 0) is 0 Å². The van der Waals surface area contributed by atoms with Gasteiger partial charge in [0.25, 0.3) is 0 Å². The molecular weight excluding hydrogens is 296 g/mol. The van der Waals surface area contributed by atoms with Crippen molar-refractivity contribution in [1.29, 1.82) is 0 Å². The van der Waals surface area contributed by atoms with Crippen molar-refractivity contribution in [3.63, 3.8) is 0 Å². The standard InChI is InChI=1S/C22H30O2/c1-15-12-17(8-10-20(15)23-6)19(14-22(3,4)5)18-9-11-21(24-7)16(2)13-18/h8-13,19H,14H2,1-7H3. The Morgan fingerprint density at radius 2 is 1.21 bits per heavy atom. The van der Waals surface area contributed by atoms with Gasteiger partial charge in [0.05, 0.1) is 14.2 Å². The predicted octanol–water partition coefficient (Wildman–Crippen LogP) is 5.89. The topological polar surface area (TPSA) is 18.5 Å². The van der Waals surface area contributed by atoms with E-state index in [2.05, 4.69) is 71.0 Å². The highest BCUT2D eigenvalue weighted by atomic mass is 16.5. The molecule has 0 atom stereocenters. The van der Waals surface area contributed by atoms with Gasteiger partial charge in [0.2, 0.25) is 0 Å². The molecule has 0 aliphatic carbocycles. The smallest absolute Gasteiger partial charge is 0.121 e. The Labute approximate surface area is 146 Å². The van der Waals surface area contributed by atoms with Gasteiger partial charge in [-0.05, 0) is 60.1 Å². The molecule has 0 spiro atoms. The molecular formula is C22H30O2. The summed E-state index contributed by atoms with van der Waals surface area (Å²) in [5.41, 5.74) is 5.28. The van der Waals surface area contributed by atoms with E-state index in [-0.39, 0.29) is 5.41 Å². The molecule has 0 aliphatic rings. The van der Waals surface area contributed by atoms with Gasteiger partial charge >= 0.3 is 0 Å². The van der Waals surface area contributed by atoms with E-state index in [0.29, 0.717) is 5.92 Å². The van der Waals surface area contributed by atoms with E-state index < -0.39 is 0 Å². The molecule has 0 unspecified atom stereocenters. The van der Waals surface area contributed by atoms with Gasteiger partial charge in [-0.3, -0.25) is 0 Å². The molecule has 0 fully saturated rings. The Kier molecular flexibility index (Phi) is 5.58. The fourth-order valence-corrected chi connectivity index (χ4v) is 3.28. The van der Waals surface area contributed by atoms with Crippen molar-refractivity contribution in [2.24, 2.45) is 5.41 Å². The molecule has 0 saturated heterocycles. The van der Waals surface area contributed by atoms with Crippen molar-refractivity contribution in [1.82, 2.24) is 0 Å². The molecule has 0 radical (unpaired) electrons. The highest BCUT2D eigenvalue weighted by molar-refractivity contribution is 5.44. The third-order valence-corrected chi connectivity index (χ3v) is 4.46. The van der Waals surface area contributed by atoms with E-state index in [0.717, 1.165) is 17.9 Å². The molecule has 0 aliphatic heterocycles. The van der Waals surface area contributed by atoms with Crippen molar-refractivity contribution >= 4 is 0 Å². The summed E-state index contributed by atoms with van der Waals surface area (Å²) in [6.07, 6.45) is 1.09. The molecule has 2 aromatic rings. The Morgan fingerprint density at radius 3 is 1.50 bits per heavy atom. The van der Waals surface area contributed by atoms with E-state index >= 15 is 0 Å². The minimum atomic E-state index is 0.242. The average Bonchev–Trinajstić information content (AvgIpc) is 2.51. The van der Waals surface area contributed by atoms with Crippen LogP contribution in [0.25, 0.3) is 0 Å². The first kappa shape index (κ1) is 18.4. The van der Waals surface area contributed by atoms with Crippen LogP contribution in [0.15, 0.2) is 36.4 Å². The summed E-state index contributed by atoms with van der Waals surface area (Å²) in [6.45, 7) is 11.1. The van der Waals surface area contributed by atoms with Gasteiger partial charge in [-0.2, -0.15) is 0 Å². The monoisotopic (exact) mass is 326 g/mol. The number of hydrogen-bond donors (Lipinski definition) is 0. The summed E-state index contributed by atoms with van der Waals surface area (Å²) in [6, 6.07) is 13.1. The molecule has 24 heavy (non-hydrogen) atoms. The van der Waals surface area contributed by atoms with Gasteiger partial charge in [-0.15, -0.1) is 0 Å². The van der Waals surface area contributed by atoms with Gasteiger partial charge in [0.1, 0.15) is 11.5 Å². The fourth-order valence-electron chi connectivity index (χ4n) is 3.28. The van der Waals surface area contributed by atoms with E-state index in [4.69, 9.17) is 9.47 Å². The number of rotatable bonds is 5. The van der Waals surface area contributed by atoms with Crippen LogP contribution in [0.1, 0.15) is 55.4 Å². The van der Waals surface area contributed by atoms with E-state index in [1.807, 2.05) is 0 Å². The molecule has 0 amide bonds. The van der Waals surface area contributed by atoms with Crippen LogP contribution in [-0.4, -0.2) is 14.2 Å². The summed E-state index contributed by atoms with van der Waals surface area (Å²) >= 11 is 0. The second kappa shape index (κ2) is 7.29. The molecule has 2 heteroatoms. The third-order valence-electron chi connectivity index (χ3n) is 4.46. The lowest BCUT2D eigenvalue weighted by Crippen LogP contribution is -2.13. The molecule has 0 saturated carbocycles. The maximum atomic E-state index is 5.42. The Bertz CT molecular complexity index is 642. The predicted molar refractivity (Wildman–Crippen MR) is 101 cm³/mol. The first-order chi connectivity index (χ1) is 11.2. The second-order valence-corrected chi connectivity index (χ2v) is 7.78. The Morgan fingerprint density at radius 1 is 0.792 bits per heavy atom. The van der Waals surface area contributed by atoms with Crippen LogP contribution in [0.4, 0.5) is 0 Å². The van der Waals surface area contributed by atoms with Crippen LogP contribution in [0, 0.1) is 19.3 Å². The SMILES string of the molecule is COc1ccc(C(CC(C)(C)C)c2ccc(OC)c(C)c2)cc1C. The van der Waals surface area contributed by atoms with E-state index in [1.54, 1.807) is 14.2 Å². The van der Waals surface area contributed by atoms with Crippen LogP contribution in [0.5, 0.6) is 11.5 Å². The minimum Gasteiger partial charge on any atom is -0.496 e. The lowest BCUT2D eigenvalue weighted by atomic mass is 9.77. The number of aryl methyl sites for hydroxylation is 2. The first-order valence-corrected chi connectivity index (χ1v) is 8.54. The molecule has 0 aromatic heterocycles. The maximum absolute atomic E-state index is 5.42. The Hall–Kier alpha value is -1.96. The van der Waals surface area contributed by atoms with E-state index in [9.17, 15) is 0 Å². The average molecular weight is 326 g/mol. The molecule has 130 valence electrons. The summed E-state index contributed by atoms with van der Waals surface area (Å²) < 4.78 is 10.8. The lowest BCUT2D eigenvalue weighted by Gasteiger charge is -2.28. The van der Waals surface area contributed by atoms with Crippen molar-refractivity contribution < 1.29 is 9.47 Å². The molecule has 2 rings (SSSR count). The summed E-state index contributed by atoms with van der Waals surface area (Å²) in [7, 11) is 3.45. The van der Waals surface area contributed by atoms with Crippen LogP contribution in [0.2, 0.25) is 0 Å². The van der Waals surface area contributed by atoms with Gasteiger partial charge in [0, 0.05) is 5.92 Å². The van der Waals surface area contributed by atoms with Crippen molar-refractivity contribution in [3.8, 4) is 11.5 Å². The highest BCUT2D eigenvalue weighted by Crippen LogP contribution is 2.38. The summed E-state index contributed by atoms with van der Waals surface area (Å²) in [4.78, 5) is 0. The van der Waals surface area contributed by atoms with Crippen LogP contribution in [0.3, 0.4) is 0 Å². The molecule has 2 aromatic carbocycles. The van der Waals surface area contributed by atoms with Gasteiger partial charge in [-0.25, -0.2) is 0 Å². The maximum Gasteiger partial charge on any atom is 0.121 e. The Balaban J connectivity index is 2.49. The number of methoxy groups -OCH3 is 2. The number of benzene rings is 2. The van der Waals surface area contributed by atoms with Gasteiger partial charge in [0.15, 0.2) is 0 Å². The quantitative estimate of drug-likeness (QED) is 0.682. The second-order valence-electron chi connectivity index (χ2n) is 7.78. The van der Waals surface area contributed by atoms with Gasteiger partial charge < -0.3 is 9.47 Å². The molecule has 0 bridgehead atoms. The summed E-state index contributed by atoms with van der Waals surface area (Å²) in [5.74, 6) is 2.25. The third kappa shape index (κ3) is 4.31. The zero-order chi connectivity index (χ0) is 17.9. The van der Waals surface area contributed by atoms with Gasteiger partial charge in [-0.1, -0.05) is 45.0 Å². The van der Waals surface area contributed by atoms with Crippen molar-refractivity contribution in [3.05, 3.63) is 58.7 Å². The number of ether oxygens (including phenoxy) is 2. The fraction of sp³-hybridized carbons (Fsp3) is 0.455. The largest absolute Gasteiger partial charge is 0.496 e. The lowest BCUT2D eigenvalue weighted by molar-refractivity contribution is 0.356. The molecule has 2 nitrogen and oxygen atoms in total. The van der Waals surface area contributed by atoms with Crippen molar-refractivity contribution in [2.75, 3.05) is 14.2 Å². The summed E-state index contributed by atoms with van der Waals surface area (Å²) in [5, 5.41) is 0. The van der Waals surface area contributed by atoms with E-state index in [1.165, 1.54) is 22.3 Å². The number of hydrogen-bond acceptors (Lipinski definition) is 2. The van der Waals surface area contributed by atoms with Crippen LogP contribution >= 0.6 is 0 Å². The molecule has 0 heterocycles.